The summed E-state index contributed by atoms with van der Waals surface area (Å²) in [5.41, 5.74) is 1.51. The van der Waals surface area contributed by atoms with E-state index in [1.165, 1.54) is 46.3 Å². The van der Waals surface area contributed by atoms with E-state index in [1.54, 1.807) is 0 Å². The van der Waals surface area contributed by atoms with Crippen LogP contribution in [-0.2, 0) is 12.8 Å². The molecule has 0 fully saturated rings. The molecule has 0 atom stereocenters. The second-order valence-corrected chi connectivity index (χ2v) is 5.62. The summed E-state index contributed by atoms with van der Waals surface area (Å²) in [6.45, 7) is 5.00. The van der Waals surface area contributed by atoms with Gasteiger partial charge in [0, 0.05) is 11.4 Å². The predicted molar refractivity (Wildman–Crippen MR) is 73.0 cm³/mol. The van der Waals surface area contributed by atoms with Crippen LogP contribution in [0.25, 0.3) is 10.2 Å². The van der Waals surface area contributed by atoms with Gasteiger partial charge in [0.05, 0.1) is 5.39 Å². The highest BCUT2D eigenvalue weighted by atomic mass is 32.1. The fraction of sp³-hybridized carbons (Fsp3) is 0.538. The molecule has 0 amide bonds. The molecule has 0 bridgehead atoms. The summed E-state index contributed by atoms with van der Waals surface area (Å²) in [4.78, 5) is 11.8. The van der Waals surface area contributed by atoms with E-state index < -0.39 is 0 Å². The molecule has 0 saturated carbocycles. The second kappa shape index (κ2) is 4.26. The number of thiophene rings is 1. The molecule has 2 aromatic heterocycles. The summed E-state index contributed by atoms with van der Waals surface area (Å²) in [6, 6.07) is 0. The largest absolute Gasteiger partial charge is 0.370 e. The Morgan fingerprint density at radius 1 is 1.24 bits per heavy atom. The molecular weight excluding hydrogens is 230 g/mol. The zero-order valence-electron chi connectivity index (χ0n) is 10.3. The third-order valence-corrected chi connectivity index (χ3v) is 4.46. The average Bonchev–Trinajstić information content (AvgIpc) is 2.67. The minimum atomic E-state index is 0.868. The van der Waals surface area contributed by atoms with Gasteiger partial charge in [-0.15, -0.1) is 11.3 Å². The molecular formula is C13H17N3S. The van der Waals surface area contributed by atoms with E-state index >= 15 is 0 Å². The summed E-state index contributed by atoms with van der Waals surface area (Å²) >= 11 is 1.86. The summed E-state index contributed by atoms with van der Waals surface area (Å²) in [5, 5.41) is 4.67. The third-order valence-electron chi connectivity index (χ3n) is 3.27. The fourth-order valence-corrected chi connectivity index (χ4v) is 3.87. The van der Waals surface area contributed by atoms with Crippen LogP contribution in [0.1, 0.15) is 36.0 Å². The molecule has 90 valence electrons. The minimum Gasteiger partial charge on any atom is -0.370 e. The van der Waals surface area contributed by atoms with Gasteiger partial charge in [-0.3, -0.25) is 0 Å². The van der Waals surface area contributed by atoms with Gasteiger partial charge < -0.3 is 5.32 Å². The number of aromatic nitrogens is 2. The number of aryl methyl sites for hydroxylation is 3. The highest BCUT2D eigenvalue weighted by Crippen LogP contribution is 2.38. The van der Waals surface area contributed by atoms with Crippen LogP contribution in [0.15, 0.2) is 0 Å². The fourth-order valence-electron chi connectivity index (χ4n) is 2.56. The lowest BCUT2D eigenvalue weighted by Gasteiger charge is -2.12. The predicted octanol–water partition coefficient (Wildman–Crippen LogP) is 3.31. The Labute approximate surface area is 105 Å². The van der Waals surface area contributed by atoms with Gasteiger partial charge in [-0.25, -0.2) is 9.97 Å². The highest BCUT2D eigenvalue weighted by Gasteiger charge is 2.20. The minimum absolute atomic E-state index is 0.868. The lowest BCUT2D eigenvalue weighted by atomic mass is 9.97. The monoisotopic (exact) mass is 247 g/mol. The van der Waals surface area contributed by atoms with Crippen LogP contribution in [0.4, 0.5) is 5.82 Å². The Bertz CT molecular complexity index is 559. The maximum Gasteiger partial charge on any atom is 0.138 e. The van der Waals surface area contributed by atoms with Crippen LogP contribution in [0.3, 0.4) is 0 Å². The number of hydrogen-bond donors (Lipinski definition) is 1. The van der Waals surface area contributed by atoms with Crippen LogP contribution in [0, 0.1) is 6.92 Å². The summed E-state index contributed by atoms with van der Waals surface area (Å²) in [7, 11) is 0. The standard InChI is InChI=1S/C13H17N3S/c1-3-14-12-11-9-6-4-5-7-10(9)17-13(11)16-8(2)15-12/h3-7H2,1-2H3,(H,14,15,16). The summed E-state index contributed by atoms with van der Waals surface area (Å²) in [6.07, 6.45) is 5.04. The molecule has 2 heterocycles. The molecule has 3 nitrogen and oxygen atoms in total. The van der Waals surface area contributed by atoms with E-state index in [2.05, 4.69) is 22.2 Å². The summed E-state index contributed by atoms with van der Waals surface area (Å²) in [5.74, 6) is 1.90. The number of hydrogen-bond acceptors (Lipinski definition) is 4. The van der Waals surface area contributed by atoms with E-state index in [0.717, 1.165) is 18.2 Å². The number of anilines is 1. The molecule has 0 spiro atoms. The Hall–Kier alpha value is -1.16. The van der Waals surface area contributed by atoms with Gasteiger partial charge in [-0.05, 0) is 45.1 Å². The molecule has 1 aliphatic carbocycles. The maximum absolute atomic E-state index is 4.59. The smallest absolute Gasteiger partial charge is 0.138 e. The van der Waals surface area contributed by atoms with E-state index in [0.29, 0.717) is 0 Å². The van der Waals surface area contributed by atoms with Gasteiger partial charge in [0.1, 0.15) is 16.5 Å². The molecule has 0 radical (unpaired) electrons. The average molecular weight is 247 g/mol. The molecule has 0 saturated heterocycles. The van der Waals surface area contributed by atoms with E-state index in [9.17, 15) is 0 Å². The normalized spacial score (nSPS) is 14.9. The lowest BCUT2D eigenvalue weighted by molar-refractivity contribution is 0.700. The Morgan fingerprint density at radius 2 is 2.06 bits per heavy atom. The second-order valence-electron chi connectivity index (χ2n) is 4.54. The van der Waals surface area contributed by atoms with E-state index in [-0.39, 0.29) is 0 Å². The first-order chi connectivity index (χ1) is 8.29. The molecule has 0 aromatic carbocycles. The lowest BCUT2D eigenvalue weighted by Crippen LogP contribution is -2.04. The van der Waals surface area contributed by atoms with Crippen molar-refractivity contribution < 1.29 is 0 Å². The van der Waals surface area contributed by atoms with Crippen molar-refractivity contribution in [2.45, 2.75) is 39.5 Å². The van der Waals surface area contributed by atoms with Crippen molar-refractivity contribution in [2.24, 2.45) is 0 Å². The van der Waals surface area contributed by atoms with Gasteiger partial charge in [-0.2, -0.15) is 0 Å². The van der Waals surface area contributed by atoms with Gasteiger partial charge in [0.15, 0.2) is 0 Å². The third kappa shape index (κ3) is 1.80. The zero-order valence-corrected chi connectivity index (χ0v) is 11.2. The topological polar surface area (TPSA) is 37.8 Å². The molecule has 4 heteroatoms. The van der Waals surface area contributed by atoms with Crippen LogP contribution in [0.2, 0.25) is 0 Å². The van der Waals surface area contributed by atoms with Crippen LogP contribution < -0.4 is 5.32 Å². The molecule has 0 aliphatic heterocycles. The number of fused-ring (bicyclic) bond motifs is 3. The number of nitrogens with one attached hydrogen (secondary N) is 1. The van der Waals surface area contributed by atoms with Crippen molar-refractivity contribution in [3.63, 3.8) is 0 Å². The maximum atomic E-state index is 4.59. The molecule has 0 unspecified atom stereocenters. The van der Waals surface area contributed by atoms with Crippen molar-refractivity contribution in [3.8, 4) is 0 Å². The number of nitrogens with zero attached hydrogens (tertiary/aromatic N) is 2. The van der Waals surface area contributed by atoms with Crippen molar-refractivity contribution in [1.82, 2.24) is 9.97 Å². The van der Waals surface area contributed by atoms with Crippen LogP contribution in [-0.4, -0.2) is 16.5 Å². The van der Waals surface area contributed by atoms with Crippen molar-refractivity contribution in [3.05, 3.63) is 16.3 Å². The van der Waals surface area contributed by atoms with Crippen molar-refractivity contribution >= 4 is 27.4 Å². The molecule has 2 aromatic rings. The molecule has 1 aliphatic rings. The van der Waals surface area contributed by atoms with Gasteiger partial charge >= 0.3 is 0 Å². The summed E-state index contributed by atoms with van der Waals surface area (Å²) < 4.78 is 0. The van der Waals surface area contributed by atoms with Crippen LogP contribution in [0.5, 0.6) is 0 Å². The van der Waals surface area contributed by atoms with Gasteiger partial charge in [0.2, 0.25) is 0 Å². The first-order valence-corrected chi connectivity index (χ1v) is 7.14. The molecule has 1 N–H and O–H groups in total. The SMILES string of the molecule is CCNc1nc(C)nc2sc3c(c12)CCCC3. The quantitative estimate of drug-likeness (QED) is 0.884. The van der Waals surface area contributed by atoms with Crippen molar-refractivity contribution in [2.75, 3.05) is 11.9 Å². The first-order valence-electron chi connectivity index (χ1n) is 6.32. The van der Waals surface area contributed by atoms with Crippen molar-refractivity contribution in [1.29, 1.82) is 0 Å². The Morgan fingerprint density at radius 3 is 2.88 bits per heavy atom. The molecule has 17 heavy (non-hydrogen) atoms. The van der Waals surface area contributed by atoms with Crippen LogP contribution >= 0.6 is 11.3 Å². The highest BCUT2D eigenvalue weighted by molar-refractivity contribution is 7.19. The van der Waals surface area contributed by atoms with E-state index in [1.807, 2.05) is 18.3 Å². The Balaban J connectivity index is 2.26. The Kier molecular flexibility index (Phi) is 2.74. The van der Waals surface area contributed by atoms with E-state index in [4.69, 9.17) is 0 Å². The number of rotatable bonds is 2. The zero-order chi connectivity index (χ0) is 11.8. The molecule has 3 rings (SSSR count). The van der Waals surface area contributed by atoms with Gasteiger partial charge in [0.25, 0.3) is 0 Å². The first kappa shape index (κ1) is 11.0. The van der Waals surface area contributed by atoms with Gasteiger partial charge in [-0.1, -0.05) is 0 Å².